The van der Waals surface area contributed by atoms with Crippen LogP contribution in [0.5, 0.6) is 5.75 Å². The molecular formula is C24H26FN3O3S. The zero-order valence-corrected chi connectivity index (χ0v) is 18.7. The van der Waals surface area contributed by atoms with Gasteiger partial charge in [0.15, 0.2) is 0 Å². The summed E-state index contributed by atoms with van der Waals surface area (Å²) >= 11 is 0. The number of ether oxygens (including phenoxy) is 1. The van der Waals surface area contributed by atoms with Crippen LogP contribution < -0.4 is 10.1 Å². The van der Waals surface area contributed by atoms with Gasteiger partial charge < -0.3 is 10.1 Å². The molecule has 8 heteroatoms. The van der Waals surface area contributed by atoms with Crippen molar-refractivity contribution in [1.82, 2.24) is 14.3 Å². The molecule has 0 aliphatic heterocycles. The fourth-order valence-corrected chi connectivity index (χ4v) is 5.42. The van der Waals surface area contributed by atoms with Crippen molar-refractivity contribution in [1.29, 1.82) is 0 Å². The smallest absolute Gasteiger partial charge is 0.269 e. The van der Waals surface area contributed by atoms with Gasteiger partial charge in [-0.3, -0.25) is 4.98 Å². The third-order valence-corrected chi connectivity index (χ3v) is 7.66. The Hall–Kier alpha value is -2.71. The first-order chi connectivity index (χ1) is 15.5. The van der Waals surface area contributed by atoms with Crippen molar-refractivity contribution in [3.05, 3.63) is 65.9 Å². The largest absolute Gasteiger partial charge is 0.493 e. The molecule has 0 atom stereocenters. The zero-order chi connectivity index (χ0) is 22.3. The minimum absolute atomic E-state index is 0.0689. The summed E-state index contributed by atoms with van der Waals surface area (Å²) in [5.74, 6) is 0.765. The molecule has 2 heterocycles. The summed E-state index contributed by atoms with van der Waals surface area (Å²) < 4.78 is 49.5. The maximum absolute atomic E-state index is 15.4. The van der Waals surface area contributed by atoms with Crippen LogP contribution in [0.4, 0.5) is 4.39 Å². The van der Waals surface area contributed by atoms with E-state index in [4.69, 9.17) is 4.74 Å². The molecule has 2 fully saturated rings. The van der Waals surface area contributed by atoms with Crippen molar-refractivity contribution >= 4 is 10.0 Å². The Balaban J connectivity index is 1.65. The van der Waals surface area contributed by atoms with Gasteiger partial charge in [-0.1, -0.05) is 0 Å². The van der Waals surface area contributed by atoms with Crippen molar-refractivity contribution in [2.75, 3.05) is 13.7 Å². The normalized spacial score (nSPS) is 16.3. The highest BCUT2D eigenvalue weighted by Crippen LogP contribution is 2.48. The number of rotatable bonds is 9. The second-order valence-corrected chi connectivity index (χ2v) is 10.4. The van der Waals surface area contributed by atoms with Crippen LogP contribution in [0.15, 0.2) is 53.8 Å². The van der Waals surface area contributed by atoms with E-state index in [1.165, 1.54) is 28.5 Å². The topological polar surface area (TPSA) is 73.2 Å². The van der Waals surface area contributed by atoms with Gasteiger partial charge in [0.25, 0.3) is 10.0 Å². The Bertz CT molecular complexity index is 1230. The van der Waals surface area contributed by atoms with Crippen molar-refractivity contribution in [3.8, 4) is 17.0 Å². The highest BCUT2D eigenvalue weighted by Gasteiger charge is 2.35. The van der Waals surface area contributed by atoms with Gasteiger partial charge in [-0.15, -0.1) is 0 Å². The van der Waals surface area contributed by atoms with E-state index >= 15 is 4.39 Å². The van der Waals surface area contributed by atoms with Gasteiger partial charge in [-0.25, -0.2) is 16.8 Å². The monoisotopic (exact) mass is 455 g/mol. The molecule has 0 radical (unpaired) electrons. The summed E-state index contributed by atoms with van der Waals surface area (Å²) in [7, 11) is -2.14. The van der Waals surface area contributed by atoms with Gasteiger partial charge in [0, 0.05) is 36.8 Å². The summed E-state index contributed by atoms with van der Waals surface area (Å²) in [5.41, 5.74) is 2.43. The van der Waals surface area contributed by atoms with Crippen LogP contribution in [0, 0.1) is 11.7 Å². The predicted octanol–water partition coefficient (Wildman–Crippen LogP) is 4.31. The number of aromatic nitrogens is 2. The molecule has 2 aliphatic carbocycles. The van der Waals surface area contributed by atoms with Crippen LogP contribution >= 0.6 is 0 Å². The molecule has 0 saturated heterocycles. The molecule has 168 valence electrons. The number of pyridine rings is 1. The number of benzene rings is 1. The molecular weight excluding hydrogens is 429 g/mol. The Labute approximate surface area is 187 Å². The van der Waals surface area contributed by atoms with Crippen LogP contribution in [0.1, 0.15) is 42.7 Å². The molecule has 0 unspecified atom stereocenters. The van der Waals surface area contributed by atoms with Gasteiger partial charge in [0.05, 0.1) is 12.3 Å². The average Bonchev–Trinajstić information content (AvgIpc) is 3.72. The van der Waals surface area contributed by atoms with Gasteiger partial charge in [0.1, 0.15) is 16.5 Å². The summed E-state index contributed by atoms with van der Waals surface area (Å²) in [6.45, 7) is 1.09. The van der Waals surface area contributed by atoms with E-state index in [2.05, 4.69) is 10.3 Å². The number of hydrogen-bond donors (Lipinski definition) is 1. The van der Waals surface area contributed by atoms with Gasteiger partial charge >= 0.3 is 0 Å². The highest BCUT2D eigenvalue weighted by molar-refractivity contribution is 7.90. The van der Waals surface area contributed by atoms with Crippen molar-refractivity contribution in [2.45, 2.75) is 43.0 Å². The van der Waals surface area contributed by atoms with Gasteiger partial charge in [0.2, 0.25) is 0 Å². The van der Waals surface area contributed by atoms with Crippen molar-refractivity contribution in [2.24, 2.45) is 5.92 Å². The van der Waals surface area contributed by atoms with Crippen LogP contribution in [0.25, 0.3) is 11.3 Å². The molecule has 1 aromatic carbocycles. The van der Waals surface area contributed by atoms with Crippen LogP contribution in [0.3, 0.4) is 0 Å². The minimum atomic E-state index is -3.96. The quantitative estimate of drug-likeness (QED) is 0.521. The SMILES string of the molecule is CNCc1cn(S(=O)(=O)c2cccnc2)c(-c2ccc(OCC3CC3)cc2F)c1C1CC1. The zero-order valence-electron chi connectivity index (χ0n) is 17.9. The summed E-state index contributed by atoms with van der Waals surface area (Å²) in [6, 6.07) is 7.81. The lowest BCUT2D eigenvalue weighted by molar-refractivity contribution is 0.298. The van der Waals surface area contributed by atoms with E-state index in [0.29, 0.717) is 30.5 Å². The van der Waals surface area contributed by atoms with E-state index in [0.717, 1.165) is 36.8 Å². The van der Waals surface area contributed by atoms with Crippen LogP contribution in [-0.4, -0.2) is 31.0 Å². The standard InChI is InChI=1S/C24H26FN3O3S/c1-26-12-18-14-28(32(29,30)20-3-2-10-27-13-20)24(23(18)17-6-7-17)21-9-8-19(11-22(21)25)31-15-16-4-5-16/h2-3,8-11,13-14,16-17,26H,4-7,12,15H2,1H3. The fourth-order valence-electron chi connectivity index (χ4n) is 4.05. The lowest BCUT2D eigenvalue weighted by Gasteiger charge is -2.14. The third kappa shape index (κ3) is 4.04. The molecule has 0 amide bonds. The second kappa shape index (κ2) is 8.33. The number of halogens is 1. The van der Waals surface area contributed by atoms with E-state index in [1.807, 2.05) is 7.05 Å². The van der Waals surface area contributed by atoms with Crippen molar-refractivity contribution in [3.63, 3.8) is 0 Å². The number of hydrogen-bond acceptors (Lipinski definition) is 5. The molecule has 0 spiro atoms. The summed E-state index contributed by atoms with van der Waals surface area (Å²) in [4.78, 5) is 4.03. The Morgan fingerprint density at radius 3 is 2.66 bits per heavy atom. The van der Waals surface area contributed by atoms with Crippen molar-refractivity contribution < 1.29 is 17.5 Å². The Kier molecular flexibility index (Phi) is 5.51. The number of nitrogens with one attached hydrogen (secondary N) is 1. The van der Waals surface area contributed by atoms with Gasteiger partial charge in [-0.05, 0) is 80.0 Å². The molecule has 6 nitrogen and oxygen atoms in total. The first kappa shape index (κ1) is 21.2. The van der Waals surface area contributed by atoms with E-state index < -0.39 is 15.8 Å². The molecule has 32 heavy (non-hydrogen) atoms. The Morgan fingerprint density at radius 1 is 1.22 bits per heavy atom. The molecule has 0 bridgehead atoms. The Morgan fingerprint density at radius 2 is 2.03 bits per heavy atom. The highest BCUT2D eigenvalue weighted by atomic mass is 32.2. The number of nitrogens with zero attached hydrogens (tertiary/aromatic N) is 2. The molecule has 2 aromatic heterocycles. The lowest BCUT2D eigenvalue weighted by atomic mass is 10.0. The summed E-state index contributed by atoms with van der Waals surface area (Å²) in [5, 5.41) is 3.11. The average molecular weight is 456 g/mol. The molecule has 5 rings (SSSR count). The molecule has 3 aromatic rings. The predicted molar refractivity (Wildman–Crippen MR) is 120 cm³/mol. The maximum Gasteiger partial charge on any atom is 0.269 e. The fraction of sp³-hybridized carbons (Fsp3) is 0.375. The maximum atomic E-state index is 15.4. The minimum Gasteiger partial charge on any atom is -0.493 e. The van der Waals surface area contributed by atoms with E-state index in [9.17, 15) is 8.42 Å². The first-order valence-electron chi connectivity index (χ1n) is 11.0. The van der Waals surface area contributed by atoms with E-state index in [-0.39, 0.29) is 16.4 Å². The molecule has 2 saturated carbocycles. The van der Waals surface area contributed by atoms with Crippen LogP contribution in [-0.2, 0) is 16.6 Å². The molecule has 1 N–H and O–H groups in total. The first-order valence-corrected chi connectivity index (χ1v) is 12.4. The molecule has 2 aliphatic rings. The summed E-state index contributed by atoms with van der Waals surface area (Å²) in [6.07, 6.45) is 8.70. The van der Waals surface area contributed by atoms with E-state index in [1.54, 1.807) is 24.4 Å². The third-order valence-electron chi connectivity index (χ3n) is 6.02. The lowest BCUT2D eigenvalue weighted by Crippen LogP contribution is -2.14. The second-order valence-electron chi connectivity index (χ2n) is 8.61. The van der Waals surface area contributed by atoms with Gasteiger partial charge in [-0.2, -0.15) is 0 Å². The van der Waals surface area contributed by atoms with Crippen LogP contribution in [0.2, 0.25) is 0 Å².